The van der Waals surface area contributed by atoms with Crippen molar-refractivity contribution in [2.24, 2.45) is 5.73 Å². The van der Waals surface area contributed by atoms with Crippen LogP contribution in [-0.2, 0) is 0 Å². The highest BCUT2D eigenvalue weighted by molar-refractivity contribution is 5.85. The van der Waals surface area contributed by atoms with Crippen molar-refractivity contribution in [1.29, 1.82) is 0 Å². The third-order valence-corrected chi connectivity index (χ3v) is 3.24. The fraction of sp³-hybridized carbons (Fsp3) is 1.00. The lowest BCUT2D eigenvalue weighted by Crippen LogP contribution is -2.47. The van der Waals surface area contributed by atoms with Crippen molar-refractivity contribution < 1.29 is 0 Å². The molecule has 0 amide bonds. The van der Waals surface area contributed by atoms with Crippen LogP contribution in [0.4, 0.5) is 0 Å². The molecule has 2 unspecified atom stereocenters. The van der Waals surface area contributed by atoms with Crippen LogP contribution in [0.25, 0.3) is 0 Å². The molecule has 2 fully saturated rings. The average molecular weight is 234 g/mol. The van der Waals surface area contributed by atoms with Gasteiger partial charge in [0.15, 0.2) is 0 Å². The lowest BCUT2D eigenvalue weighted by Gasteiger charge is -2.30. The lowest BCUT2D eigenvalue weighted by molar-refractivity contribution is 0.215. The molecule has 2 atom stereocenters. The van der Waals surface area contributed by atoms with Crippen LogP contribution in [0.2, 0.25) is 0 Å². The summed E-state index contributed by atoms with van der Waals surface area (Å²) in [4.78, 5) is 2.52. The van der Waals surface area contributed by atoms with Crippen molar-refractivity contribution in [3.63, 3.8) is 0 Å². The summed E-state index contributed by atoms with van der Waals surface area (Å²) >= 11 is 0. The van der Waals surface area contributed by atoms with Gasteiger partial charge in [-0.2, -0.15) is 0 Å². The van der Waals surface area contributed by atoms with E-state index in [0.717, 1.165) is 18.6 Å². The van der Waals surface area contributed by atoms with E-state index in [9.17, 15) is 0 Å². The Hall–Kier alpha value is 0.170. The van der Waals surface area contributed by atoms with E-state index < -0.39 is 0 Å². The third kappa shape index (κ3) is 3.91. The Balaban J connectivity index is 0.00000112. The van der Waals surface area contributed by atoms with Crippen LogP contribution in [0.1, 0.15) is 33.1 Å². The van der Waals surface area contributed by atoms with Crippen molar-refractivity contribution in [3.05, 3.63) is 0 Å². The van der Waals surface area contributed by atoms with E-state index in [-0.39, 0.29) is 17.9 Å². The monoisotopic (exact) mass is 233 g/mol. The second-order valence-electron chi connectivity index (χ2n) is 5.65. The van der Waals surface area contributed by atoms with Crippen molar-refractivity contribution in [2.45, 2.75) is 50.7 Å². The standard InChI is InChI=1S/C11H23N3.ClH/c1-11(2,12)8-14-6-5-9-3-4-10(7-14)13-9;/h9-10,13H,3-8,12H2,1-2H3;1H. The third-order valence-electron chi connectivity index (χ3n) is 3.24. The van der Waals surface area contributed by atoms with Gasteiger partial charge < -0.3 is 11.1 Å². The van der Waals surface area contributed by atoms with Gasteiger partial charge in [0.25, 0.3) is 0 Å². The Morgan fingerprint density at radius 2 is 1.93 bits per heavy atom. The number of nitrogens with one attached hydrogen (secondary N) is 1. The Morgan fingerprint density at radius 3 is 2.60 bits per heavy atom. The minimum atomic E-state index is -0.0520. The molecule has 2 heterocycles. The van der Waals surface area contributed by atoms with Crippen LogP contribution in [-0.4, -0.2) is 42.2 Å². The molecule has 0 spiro atoms. The summed E-state index contributed by atoms with van der Waals surface area (Å²) in [7, 11) is 0. The molecule has 90 valence electrons. The van der Waals surface area contributed by atoms with E-state index in [1.165, 1.54) is 32.4 Å². The molecule has 0 saturated carbocycles. The lowest BCUT2D eigenvalue weighted by atomic mass is 10.0. The van der Waals surface area contributed by atoms with Gasteiger partial charge in [0.05, 0.1) is 0 Å². The molecular formula is C11H24ClN3. The zero-order chi connectivity index (χ0) is 10.2. The predicted molar refractivity (Wildman–Crippen MR) is 66.5 cm³/mol. The van der Waals surface area contributed by atoms with E-state index in [1.807, 2.05) is 0 Å². The smallest absolute Gasteiger partial charge is 0.0226 e. The van der Waals surface area contributed by atoms with Gasteiger partial charge >= 0.3 is 0 Å². The fourth-order valence-corrected chi connectivity index (χ4v) is 2.74. The van der Waals surface area contributed by atoms with Crippen LogP contribution in [0, 0.1) is 0 Å². The zero-order valence-electron chi connectivity index (χ0n) is 9.83. The highest BCUT2D eigenvalue weighted by atomic mass is 35.5. The van der Waals surface area contributed by atoms with Gasteiger partial charge in [-0.05, 0) is 39.7 Å². The van der Waals surface area contributed by atoms with Crippen LogP contribution in [0.5, 0.6) is 0 Å². The first-order chi connectivity index (χ1) is 6.53. The minimum absolute atomic E-state index is 0. The first kappa shape index (κ1) is 13.2. The molecule has 0 aromatic heterocycles. The summed E-state index contributed by atoms with van der Waals surface area (Å²) in [6, 6.07) is 1.51. The van der Waals surface area contributed by atoms with Crippen molar-refractivity contribution >= 4 is 12.4 Å². The summed E-state index contributed by atoms with van der Waals surface area (Å²) in [5.74, 6) is 0. The fourth-order valence-electron chi connectivity index (χ4n) is 2.74. The maximum atomic E-state index is 6.05. The average Bonchev–Trinajstić information content (AvgIpc) is 2.35. The molecule has 0 aromatic rings. The molecule has 2 rings (SSSR count). The normalized spacial score (nSPS) is 32.2. The second kappa shape index (κ2) is 5.00. The molecule has 2 bridgehead atoms. The summed E-state index contributed by atoms with van der Waals surface area (Å²) < 4.78 is 0. The van der Waals surface area contributed by atoms with Gasteiger partial charge in [0, 0.05) is 30.7 Å². The van der Waals surface area contributed by atoms with E-state index in [1.54, 1.807) is 0 Å². The minimum Gasteiger partial charge on any atom is -0.324 e. The first-order valence-electron chi connectivity index (χ1n) is 5.80. The number of hydrogen-bond donors (Lipinski definition) is 2. The Bertz CT molecular complexity index is 202. The molecular weight excluding hydrogens is 210 g/mol. The number of rotatable bonds is 2. The highest BCUT2D eigenvalue weighted by Crippen LogP contribution is 2.20. The Labute approximate surface area is 99.2 Å². The number of hydrogen-bond acceptors (Lipinski definition) is 3. The molecule has 4 heteroatoms. The van der Waals surface area contributed by atoms with E-state index in [2.05, 4.69) is 24.1 Å². The number of fused-ring (bicyclic) bond motifs is 2. The molecule has 2 saturated heterocycles. The van der Waals surface area contributed by atoms with Gasteiger partial charge in [0.1, 0.15) is 0 Å². The SMILES string of the molecule is CC(C)(N)CN1CCC2CCC(C1)N2.Cl. The molecule has 0 aliphatic carbocycles. The number of nitrogens with two attached hydrogens (primary N) is 1. The summed E-state index contributed by atoms with van der Waals surface area (Å²) in [5, 5.41) is 3.69. The molecule has 15 heavy (non-hydrogen) atoms. The molecule has 3 N–H and O–H groups in total. The topological polar surface area (TPSA) is 41.3 Å². The largest absolute Gasteiger partial charge is 0.324 e. The van der Waals surface area contributed by atoms with Gasteiger partial charge in [-0.25, -0.2) is 0 Å². The van der Waals surface area contributed by atoms with Crippen LogP contribution >= 0.6 is 12.4 Å². The number of likely N-dealkylation sites (tertiary alicyclic amines) is 1. The van der Waals surface area contributed by atoms with Gasteiger partial charge in [-0.3, -0.25) is 4.90 Å². The van der Waals surface area contributed by atoms with Crippen LogP contribution in [0.3, 0.4) is 0 Å². The molecule has 3 nitrogen and oxygen atoms in total. The second-order valence-corrected chi connectivity index (χ2v) is 5.65. The summed E-state index contributed by atoms with van der Waals surface area (Å²) in [6.45, 7) is 7.66. The molecule has 0 aromatic carbocycles. The number of nitrogens with zero attached hydrogens (tertiary/aromatic N) is 1. The van der Waals surface area contributed by atoms with Crippen LogP contribution in [0.15, 0.2) is 0 Å². The Kier molecular flexibility index (Phi) is 4.41. The molecule has 2 aliphatic heterocycles. The van der Waals surface area contributed by atoms with E-state index >= 15 is 0 Å². The van der Waals surface area contributed by atoms with E-state index in [0.29, 0.717) is 0 Å². The van der Waals surface area contributed by atoms with Crippen LogP contribution < -0.4 is 11.1 Å². The van der Waals surface area contributed by atoms with Crippen molar-refractivity contribution in [1.82, 2.24) is 10.2 Å². The van der Waals surface area contributed by atoms with Gasteiger partial charge in [0.2, 0.25) is 0 Å². The van der Waals surface area contributed by atoms with Crippen molar-refractivity contribution in [3.8, 4) is 0 Å². The predicted octanol–water partition coefficient (Wildman–Crippen LogP) is 0.972. The quantitative estimate of drug-likeness (QED) is 0.747. The van der Waals surface area contributed by atoms with Gasteiger partial charge in [-0.15, -0.1) is 12.4 Å². The maximum Gasteiger partial charge on any atom is 0.0226 e. The van der Waals surface area contributed by atoms with E-state index in [4.69, 9.17) is 5.73 Å². The highest BCUT2D eigenvalue weighted by Gasteiger charge is 2.30. The van der Waals surface area contributed by atoms with Gasteiger partial charge in [-0.1, -0.05) is 0 Å². The first-order valence-corrected chi connectivity index (χ1v) is 5.80. The Morgan fingerprint density at radius 1 is 1.27 bits per heavy atom. The maximum absolute atomic E-state index is 6.05. The summed E-state index contributed by atoms with van der Waals surface area (Å²) in [5.41, 5.74) is 6.00. The number of halogens is 1. The molecule has 0 radical (unpaired) electrons. The van der Waals surface area contributed by atoms with Crippen molar-refractivity contribution in [2.75, 3.05) is 19.6 Å². The zero-order valence-corrected chi connectivity index (χ0v) is 10.6. The summed E-state index contributed by atoms with van der Waals surface area (Å²) in [6.07, 6.45) is 4.03. The molecule has 2 aliphatic rings.